The molecule has 0 saturated carbocycles. The molecule has 1 aliphatic heterocycles. The standard InChI is InChI=1S/C20H14F4N2O4S/c1-30-15-5-2-10(7-16-18(28)26-19(29)31-16)6-11(15)9-25-17(27)13-4-3-12(8-14(13)21)20(22,23)24/h2-8H,9H2,1H3,(H,25,27)(H,26,28,29)/b16-7-. The third-order valence-corrected chi connectivity index (χ3v) is 5.04. The number of thioether (sulfide) groups is 1. The molecule has 2 aromatic carbocycles. The van der Waals surface area contributed by atoms with E-state index in [4.69, 9.17) is 4.74 Å². The number of hydrogen-bond donors (Lipinski definition) is 2. The molecule has 31 heavy (non-hydrogen) atoms. The van der Waals surface area contributed by atoms with Gasteiger partial charge >= 0.3 is 6.18 Å². The predicted octanol–water partition coefficient (Wildman–Crippen LogP) is 4.11. The largest absolute Gasteiger partial charge is 0.496 e. The molecule has 0 radical (unpaired) electrons. The number of hydrogen-bond acceptors (Lipinski definition) is 5. The van der Waals surface area contributed by atoms with E-state index in [1.807, 2.05) is 0 Å². The quantitative estimate of drug-likeness (QED) is 0.525. The van der Waals surface area contributed by atoms with Gasteiger partial charge in [0.15, 0.2) is 0 Å². The van der Waals surface area contributed by atoms with Gasteiger partial charge in [-0.25, -0.2) is 4.39 Å². The van der Waals surface area contributed by atoms with E-state index in [-0.39, 0.29) is 17.5 Å². The van der Waals surface area contributed by atoms with Gasteiger partial charge in [-0.2, -0.15) is 13.2 Å². The van der Waals surface area contributed by atoms with E-state index in [9.17, 15) is 31.9 Å². The third-order valence-electron chi connectivity index (χ3n) is 4.22. The van der Waals surface area contributed by atoms with Crippen molar-refractivity contribution >= 4 is 34.9 Å². The maximum Gasteiger partial charge on any atom is 0.416 e. The van der Waals surface area contributed by atoms with Crippen molar-refractivity contribution in [3.8, 4) is 5.75 Å². The van der Waals surface area contributed by atoms with Gasteiger partial charge in [0, 0.05) is 12.1 Å². The lowest BCUT2D eigenvalue weighted by Gasteiger charge is -2.12. The minimum atomic E-state index is -4.72. The van der Waals surface area contributed by atoms with Gasteiger partial charge in [0.1, 0.15) is 11.6 Å². The van der Waals surface area contributed by atoms with Gasteiger partial charge in [0.05, 0.1) is 23.1 Å². The summed E-state index contributed by atoms with van der Waals surface area (Å²) in [6.07, 6.45) is -3.25. The molecule has 2 N–H and O–H groups in total. The number of imide groups is 1. The molecule has 3 amide bonds. The highest BCUT2D eigenvalue weighted by Gasteiger charge is 2.31. The summed E-state index contributed by atoms with van der Waals surface area (Å²) >= 11 is 0.743. The summed E-state index contributed by atoms with van der Waals surface area (Å²) in [4.78, 5) is 35.4. The second-order valence-corrected chi connectivity index (χ2v) is 7.31. The number of carbonyl (C=O) groups excluding carboxylic acids is 3. The van der Waals surface area contributed by atoms with Crippen LogP contribution in [-0.2, 0) is 17.5 Å². The lowest BCUT2D eigenvalue weighted by atomic mass is 10.1. The normalized spacial score (nSPS) is 15.2. The van der Waals surface area contributed by atoms with Crippen LogP contribution in [0.4, 0.5) is 22.4 Å². The summed E-state index contributed by atoms with van der Waals surface area (Å²) < 4.78 is 57.2. The molecule has 1 saturated heterocycles. The maximum atomic E-state index is 14.0. The van der Waals surface area contributed by atoms with Crippen LogP contribution in [-0.4, -0.2) is 24.2 Å². The number of carbonyl (C=O) groups is 3. The fraction of sp³-hybridized carbons (Fsp3) is 0.150. The van der Waals surface area contributed by atoms with Crippen LogP contribution in [0.3, 0.4) is 0 Å². The Hall–Kier alpha value is -3.34. The minimum absolute atomic E-state index is 0.127. The van der Waals surface area contributed by atoms with Crippen molar-refractivity contribution in [1.82, 2.24) is 10.6 Å². The first-order chi connectivity index (χ1) is 14.6. The van der Waals surface area contributed by atoms with Crippen molar-refractivity contribution in [1.29, 1.82) is 0 Å². The van der Waals surface area contributed by atoms with Gasteiger partial charge in [0.25, 0.3) is 17.1 Å². The van der Waals surface area contributed by atoms with E-state index in [0.29, 0.717) is 22.9 Å². The number of benzene rings is 2. The van der Waals surface area contributed by atoms with Crippen molar-refractivity contribution in [2.75, 3.05) is 7.11 Å². The van der Waals surface area contributed by atoms with Gasteiger partial charge in [-0.3, -0.25) is 19.7 Å². The van der Waals surface area contributed by atoms with Crippen LogP contribution in [0.5, 0.6) is 5.75 Å². The number of amides is 3. The molecular weight excluding hydrogens is 440 g/mol. The molecule has 0 aromatic heterocycles. The van der Waals surface area contributed by atoms with Crippen molar-refractivity contribution in [3.05, 3.63) is 69.4 Å². The van der Waals surface area contributed by atoms with E-state index in [1.165, 1.54) is 13.2 Å². The Morgan fingerprint density at radius 1 is 1.19 bits per heavy atom. The lowest BCUT2D eigenvalue weighted by molar-refractivity contribution is -0.137. The Labute approximate surface area is 177 Å². The highest BCUT2D eigenvalue weighted by Crippen LogP contribution is 2.30. The van der Waals surface area contributed by atoms with Gasteiger partial charge in [-0.05, 0) is 53.7 Å². The highest BCUT2D eigenvalue weighted by molar-refractivity contribution is 8.18. The highest BCUT2D eigenvalue weighted by atomic mass is 32.2. The topological polar surface area (TPSA) is 84.5 Å². The molecule has 0 spiro atoms. The molecule has 0 unspecified atom stereocenters. The van der Waals surface area contributed by atoms with Crippen LogP contribution >= 0.6 is 11.8 Å². The molecule has 0 aliphatic carbocycles. The van der Waals surface area contributed by atoms with Crippen LogP contribution < -0.4 is 15.4 Å². The van der Waals surface area contributed by atoms with Crippen LogP contribution in [0, 0.1) is 5.82 Å². The number of methoxy groups -OCH3 is 1. The summed E-state index contributed by atoms with van der Waals surface area (Å²) in [7, 11) is 1.40. The molecule has 3 rings (SSSR count). The molecule has 1 heterocycles. The second-order valence-electron chi connectivity index (χ2n) is 6.30. The van der Waals surface area contributed by atoms with Gasteiger partial charge in [0.2, 0.25) is 0 Å². The summed E-state index contributed by atoms with van der Waals surface area (Å²) in [5.74, 6) is -2.35. The van der Waals surface area contributed by atoms with E-state index >= 15 is 0 Å². The fourth-order valence-corrected chi connectivity index (χ4v) is 3.43. The first kappa shape index (κ1) is 22.3. The lowest BCUT2D eigenvalue weighted by Crippen LogP contribution is -2.24. The fourth-order valence-electron chi connectivity index (χ4n) is 2.75. The monoisotopic (exact) mass is 454 g/mol. The average molecular weight is 454 g/mol. The van der Waals surface area contributed by atoms with Crippen molar-refractivity contribution < 1.29 is 36.7 Å². The summed E-state index contributed by atoms with van der Waals surface area (Å²) in [6.45, 7) is -0.127. The third kappa shape index (κ3) is 5.23. The van der Waals surface area contributed by atoms with Gasteiger partial charge < -0.3 is 10.1 Å². The van der Waals surface area contributed by atoms with Crippen molar-refractivity contribution in [2.24, 2.45) is 0 Å². The smallest absolute Gasteiger partial charge is 0.416 e. The number of nitrogens with one attached hydrogen (secondary N) is 2. The molecule has 1 aliphatic rings. The van der Waals surface area contributed by atoms with E-state index in [0.717, 1.165) is 17.8 Å². The molecule has 2 aromatic rings. The number of rotatable bonds is 5. The summed E-state index contributed by atoms with van der Waals surface area (Å²) in [5.41, 5.74) is -0.732. The number of ether oxygens (including phenoxy) is 1. The zero-order chi connectivity index (χ0) is 22.8. The molecule has 11 heteroatoms. The molecule has 1 fully saturated rings. The zero-order valence-corrected chi connectivity index (χ0v) is 16.6. The van der Waals surface area contributed by atoms with E-state index < -0.39 is 40.2 Å². The molecular formula is C20H14F4N2O4S. The SMILES string of the molecule is COc1ccc(/C=C2\SC(=O)NC2=O)cc1CNC(=O)c1ccc(C(F)(F)F)cc1F. The Morgan fingerprint density at radius 3 is 2.52 bits per heavy atom. The molecule has 0 bridgehead atoms. The first-order valence-corrected chi connectivity index (χ1v) is 9.47. The van der Waals surface area contributed by atoms with Gasteiger partial charge in [-0.15, -0.1) is 0 Å². The minimum Gasteiger partial charge on any atom is -0.496 e. The first-order valence-electron chi connectivity index (χ1n) is 8.65. The van der Waals surface area contributed by atoms with E-state index in [1.54, 1.807) is 18.2 Å². The second kappa shape index (κ2) is 8.80. The van der Waals surface area contributed by atoms with Crippen LogP contribution in [0.2, 0.25) is 0 Å². The number of halogens is 4. The van der Waals surface area contributed by atoms with Gasteiger partial charge in [-0.1, -0.05) is 6.07 Å². The van der Waals surface area contributed by atoms with Crippen molar-refractivity contribution in [2.45, 2.75) is 12.7 Å². The van der Waals surface area contributed by atoms with Crippen LogP contribution in [0.25, 0.3) is 6.08 Å². The Morgan fingerprint density at radius 2 is 1.94 bits per heavy atom. The Balaban J connectivity index is 1.78. The molecule has 162 valence electrons. The average Bonchev–Trinajstić information content (AvgIpc) is 3.02. The van der Waals surface area contributed by atoms with Crippen LogP contribution in [0.15, 0.2) is 41.3 Å². The Kier molecular flexibility index (Phi) is 6.34. The number of alkyl halides is 3. The predicted molar refractivity (Wildman–Crippen MR) is 105 cm³/mol. The molecule has 6 nitrogen and oxygen atoms in total. The Bertz CT molecular complexity index is 1100. The summed E-state index contributed by atoms with van der Waals surface area (Å²) in [5, 5.41) is 4.07. The van der Waals surface area contributed by atoms with Crippen molar-refractivity contribution in [3.63, 3.8) is 0 Å². The zero-order valence-electron chi connectivity index (χ0n) is 15.8. The summed E-state index contributed by atoms with van der Waals surface area (Å²) in [6, 6.07) is 6.44. The molecule has 0 atom stereocenters. The van der Waals surface area contributed by atoms with Crippen LogP contribution in [0.1, 0.15) is 27.0 Å². The maximum absolute atomic E-state index is 14.0. The van der Waals surface area contributed by atoms with E-state index in [2.05, 4.69) is 10.6 Å².